The maximum atomic E-state index is 12.3. The summed E-state index contributed by atoms with van der Waals surface area (Å²) in [6.07, 6.45) is 1.24. The summed E-state index contributed by atoms with van der Waals surface area (Å²) >= 11 is 0. The quantitative estimate of drug-likeness (QED) is 0.881. The van der Waals surface area contributed by atoms with Crippen LogP contribution in [0.15, 0.2) is 30.3 Å². The average molecular weight is 359 g/mol. The van der Waals surface area contributed by atoms with Crippen LogP contribution in [0.1, 0.15) is 39.2 Å². The molecule has 1 N–H and O–H groups in total. The van der Waals surface area contributed by atoms with Crippen molar-refractivity contribution in [3.63, 3.8) is 0 Å². The molecule has 6 nitrogen and oxygen atoms in total. The fraction of sp³-hybridized carbons (Fsp3) is 0.600. The number of hydrogen-bond acceptors (Lipinski definition) is 4. The smallest absolute Gasteiger partial charge is 0.410 e. The van der Waals surface area contributed by atoms with Gasteiger partial charge in [0.05, 0.1) is 12.1 Å². The zero-order valence-electron chi connectivity index (χ0n) is 16.0. The second-order valence-electron chi connectivity index (χ2n) is 8.43. The van der Waals surface area contributed by atoms with Crippen LogP contribution in [0.5, 0.6) is 0 Å². The van der Waals surface area contributed by atoms with Crippen LogP contribution in [0.3, 0.4) is 0 Å². The minimum absolute atomic E-state index is 0.0675. The Bertz CT molecular complexity index is 646. The van der Waals surface area contributed by atoms with Crippen LogP contribution < -0.4 is 5.32 Å². The lowest BCUT2D eigenvalue weighted by atomic mass is 9.85. The summed E-state index contributed by atoms with van der Waals surface area (Å²) in [5, 5.41) is 3.20. The van der Waals surface area contributed by atoms with Gasteiger partial charge in [0.1, 0.15) is 5.60 Å². The molecular weight excluding hydrogens is 330 g/mol. The third-order valence-corrected chi connectivity index (χ3v) is 4.92. The van der Waals surface area contributed by atoms with Gasteiger partial charge in [-0.15, -0.1) is 0 Å². The molecule has 0 unspecified atom stereocenters. The van der Waals surface area contributed by atoms with E-state index in [-0.39, 0.29) is 17.5 Å². The molecule has 2 saturated heterocycles. The predicted molar refractivity (Wildman–Crippen MR) is 99.6 cm³/mol. The van der Waals surface area contributed by atoms with Gasteiger partial charge in [-0.2, -0.15) is 0 Å². The molecule has 0 atom stereocenters. The first kappa shape index (κ1) is 18.7. The summed E-state index contributed by atoms with van der Waals surface area (Å²) < 4.78 is 5.46. The van der Waals surface area contributed by atoms with Gasteiger partial charge in [-0.25, -0.2) is 4.79 Å². The number of piperazine rings is 1. The van der Waals surface area contributed by atoms with E-state index >= 15 is 0 Å². The van der Waals surface area contributed by atoms with Crippen molar-refractivity contribution in [3.8, 4) is 0 Å². The van der Waals surface area contributed by atoms with E-state index in [0.717, 1.165) is 25.9 Å². The number of nitrogens with zero attached hydrogens (tertiary/aromatic N) is 2. The normalized spacial score (nSPS) is 20.7. The first-order chi connectivity index (χ1) is 12.2. The number of carbonyl (C=O) groups excluding carboxylic acids is 2. The highest BCUT2D eigenvalue weighted by Crippen LogP contribution is 2.27. The Morgan fingerprint density at radius 2 is 1.85 bits per heavy atom. The summed E-state index contributed by atoms with van der Waals surface area (Å²) in [5.41, 5.74) is 0.476. The maximum Gasteiger partial charge on any atom is 0.410 e. The van der Waals surface area contributed by atoms with Gasteiger partial charge >= 0.3 is 6.09 Å². The zero-order chi connectivity index (χ0) is 18.8. The Hall–Kier alpha value is -2.08. The van der Waals surface area contributed by atoms with E-state index in [0.29, 0.717) is 19.6 Å². The summed E-state index contributed by atoms with van der Waals surface area (Å²) in [6.45, 7) is 8.84. The molecule has 3 rings (SSSR count). The summed E-state index contributed by atoms with van der Waals surface area (Å²) in [6, 6.07) is 10.2. The van der Waals surface area contributed by atoms with Crippen molar-refractivity contribution in [2.24, 2.45) is 0 Å². The van der Waals surface area contributed by atoms with Gasteiger partial charge in [-0.05, 0) is 39.2 Å². The third-order valence-electron chi connectivity index (χ3n) is 4.92. The van der Waals surface area contributed by atoms with E-state index in [1.54, 1.807) is 4.90 Å². The molecule has 2 fully saturated rings. The summed E-state index contributed by atoms with van der Waals surface area (Å²) in [7, 11) is 0. The Balaban J connectivity index is 1.60. The second kappa shape index (κ2) is 7.27. The highest BCUT2D eigenvalue weighted by Gasteiger charge is 2.42. The monoisotopic (exact) mass is 359 g/mol. The molecule has 26 heavy (non-hydrogen) atoms. The molecule has 2 heterocycles. The average Bonchev–Trinajstić information content (AvgIpc) is 2.54. The second-order valence-corrected chi connectivity index (χ2v) is 8.43. The van der Waals surface area contributed by atoms with Crippen LogP contribution in [0.4, 0.5) is 4.79 Å². The molecule has 0 aromatic heterocycles. The number of ether oxygens (including phenoxy) is 1. The molecule has 2 amide bonds. The van der Waals surface area contributed by atoms with E-state index in [1.165, 1.54) is 5.56 Å². The Morgan fingerprint density at radius 1 is 1.19 bits per heavy atom. The van der Waals surface area contributed by atoms with Gasteiger partial charge < -0.3 is 15.0 Å². The lowest BCUT2D eigenvalue weighted by molar-refractivity contribution is -0.129. The lowest BCUT2D eigenvalue weighted by Gasteiger charge is -2.47. The maximum absolute atomic E-state index is 12.3. The number of piperidine rings is 1. The van der Waals surface area contributed by atoms with E-state index < -0.39 is 5.60 Å². The molecule has 1 spiro atoms. The first-order valence-corrected chi connectivity index (χ1v) is 9.30. The highest BCUT2D eigenvalue weighted by molar-refractivity contribution is 5.80. The molecule has 0 saturated carbocycles. The van der Waals surface area contributed by atoms with Gasteiger partial charge in [-0.3, -0.25) is 9.69 Å². The Labute approximate surface area is 155 Å². The fourth-order valence-electron chi connectivity index (χ4n) is 3.74. The number of amides is 2. The van der Waals surface area contributed by atoms with Crippen molar-refractivity contribution in [1.29, 1.82) is 0 Å². The van der Waals surface area contributed by atoms with Crippen molar-refractivity contribution in [2.75, 3.05) is 26.2 Å². The molecule has 0 radical (unpaired) electrons. The van der Waals surface area contributed by atoms with Crippen LogP contribution in [0, 0.1) is 0 Å². The van der Waals surface area contributed by atoms with Crippen molar-refractivity contribution in [1.82, 2.24) is 15.1 Å². The summed E-state index contributed by atoms with van der Waals surface area (Å²) in [4.78, 5) is 28.5. The molecule has 6 heteroatoms. The third kappa shape index (κ3) is 4.75. The van der Waals surface area contributed by atoms with Crippen molar-refractivity contribution in [3.05, 3.63) is 35.9 Å². The van der Waals surface area contributed by atoms with Crippen molar-refractivity contribution >= 4 is 12.0 Å². The van der Waals surface area contributed by atoms with E-state index in [2.05, 4.69) is 22.3 Å². The van der Waals surface area contributed by atoms with Gasteiger partial charge in [0.25, 0.3) is 0 Å². The minimum atomic E-state index is -0.488. The minimum Gasteiger partial charge on any atom is -0.444 e. The van der Waals surface area contributed by atoms with Gasteiger partial charge in [-0.1, -0.05) is 30.3 Å². The van der Waals surface area contributed by atoms with Crippen LogP contribution in [-0.2, 0) is 16.1 Å². The number of likely N-dealkylation sites (tertiary alicyclic amines) is 1. The molecule has 0 aliphatic carbocycles. The molecule has 1 aromatic carbocycles. The van der Waals surface area contributed by atoms with Gasteiger partial charge in [0.2, 0.25) is 5.91 Å². The molecule has 0 bridgehead atoms. The standard InChI is InChI=1S/C20H29N3O3/c1-19(2,3)26-18(25)23-11-9-20(10-12-23)15-22(14-17(24)21-20)13-16-7-5-4-6-8-16/h4-8H,9-15H2,1-3H3,(H,21,24). The molecule has 1 aromatic rings. The van der Waals surface area contributed by atoms with Crippen LogP contribution in [-0.4, -0.2) is 59.1 Å². The van der Waals surface area contributed by atoms with Crippen LogP contribution in [0.25, 0.3) is 0 Å². The Kier molecular flexibility index (Phi) is 5.23. The van der Waals surface area contributed by atoms with Crippen LogP contribution in [0.2, 0.25) is 0 Å². The largest absolute Gasteiger partial charge is 0.444 e. The Morgan fingerprint density at radius 3 is 2.46 bits per heavy atom. The van der Waals surface area contributed by atoms with Gasteiger partial charge in [0, 0.05) is 26.2 Å². The van der Waals surface area contributed by atoms with Crippen molar-refractivity contribution in [2.45, 2.75) is 51.3 Å². The van der Waals surface area contributed by atoms with Gasteiger partial charge in [0.15, 0.2) is 0 Å². The number of benzene rings is 1. The zero-order valence-corrected chi connectivity index (χ0v) is 16.0. The van der Waals surface area contributed by atoms with E-state index in [1.807, 2.05) is 39.0 Å². The molecular formula is C20H29N3O3. The fourth-order valence-corrected chi connectivity index (χ4v) is 3.74. The van der Waals surface area contributed by atoms with E-state index in [9.17, 15) is 9.59 Å². The number of rotatable bonds is 2. The van der Waals surface area contributed by atoms with Crippen molar-refractivity contribution < 1.29 is 14.3 Å². The predicted octanol–water partition coefficient (Wildman–Crippen LogP) is 2.39. The molecule has 2 aliphatic rings. The first-order valence-electron chi connectivity index (χ1n) is 9.30. The highest BCUT2D eigenvalue weighted by atomic mass is 16.6. The SMILES string of the molecule is CC(C)(C)OC(=O)N1CCC2(CC1)CN(Cc1ccccc1)CC(=O)N2. The molecule has 142 valence electrons. The topological polar surface area (TPSA) is 61.9 Å². The summed E-state index contributed by atoms with van der Waals surface area (Å²) in [5.74, 6) is 0.0675. The number of carbonyl (C=O) groups is 2. The lowest BCUT2D eigenvalue weighted by Crippen LogP contribution is -2.66. The van der Waals surface area contributed by atoms with Crippen LogP contribution >= 0.6 is 0 Å². The number of hydrogen-bond donors (Lipinski definition) is 1. The number of nitrogens with one attached hydrogen (secondary N) is 1. The van der Waals surface area contributed by atoms with E-state index in [4.69, 9.17) is 4.74 Å². The molecule has 2 aliphatic heterocycles.